The Bertz CT molecular complexity index is 523. The lowest BCUT2D eigenvalue weighted by Crippen LogP contribution is -2.21. The van der Waals surface area contributed by atoms with E-state index in [1.807, 2.05) is 0 Å². The minimum absolute atomic E-state index is 0.0532. The van der Waals surface area contributed by atoms with Crippen LogP contribution in [-0.4, -0.2) is 17.2 Å². The Labute approximate surface area is 122 Å². The van der Waals surface area contributed by atoms with E-state index in [2.05, 4.69) is 12.2 Å². The average Bonchev–Trinajstić information content (AvgIpc) is 2.42. The summed E-state index contributed by atoms with van der Waals surface area (Å²) in [4.78, 5) is 21.7. The van der Waals surface area contributed by atoms with Crippen LogP contribution in [0, 0.1) is 10.1 Å². The van der Waals surface area contributed by atoms with Crippen LogP contribution < -0.4 is 4.74 Å². The third-order valence-electron chi connectivity index (χ3n) is 3.23. The maximum absolute atomic E-state index is 11.7. The predicted octanol–water partition coefficient (Wildman–Crippen LogP) is 4.00. The summed E-state index contributed by atoms with van der Waals surface area (Å²) in [6.07, 6.45) is 7.80. The number of hydrogen-bond donors (Lipinski definition) is 0. The van der Waals surface area contributed by atoms with Crippen molar-refractivity contribution >= 4 is 11.8 Å². The molecule has 1 aliphatic rings. The lowest BCUT2D eigenvalue weighted by Gasteiger charge is -2.17. The van der Waals surface area contributed by atoms with Crippen molar-refractivity contribution in [2.24, 2.45) is 0 Å². The van der Waals surface area contributed by atoms with E-state index in [0.29, 0.717) is 0 Å². The van der Waals surface area contributed by atoms with Gasteiger partial charge in [0.25, 0.3) is 5.69 Å². The van der Waals surface area contributed by atoms with E-state index in [1.165, 1.54) is 24.3 Å². The van der Waals surface area contributed by atoms with Gasteiger partial charge in [-0.3, -0.25) is 10.1 Å². The highest BCUT2D eigenvalue weighted by atomic mass is 16.7. The minimum atomic E-state index is -0.765. The van der Waals surface area contributed by atoms with Gasteiger partial charge in [-0.05, 0) is 44.2 Å². The predicted molar refractivity (Wildman–Crippen MR) is 76.2 cm³/mol. The van der Waals surface area contributed by atoms with Gasteiger partial charge in [-0.25, -0.2) is 4.79 Å². The number of non-ortho nitro benzene ring substituents is 1. The molecule has 0 saturated heterocycles. The Morgan fingerprint density at radius 3 is 2.57 bits per heavy atom. The maximum Gasteiger partial charge on any atom is 0.514 e. The number of rotatable bonds is 3. The normalized spacial score (nSPS) is 19.9. The van der Waals surface area contributed by atoms with Crippen molar-refractivity contribution in [3.05, 3.63) is 46.5 Å². The molecule has 1 aromatic carbocycles. The molecule has 0 amide bonds. The molecule has 112 valence electrons. The Hall–Kier alpha value is -2.37. The molecule has 0 fully saturated rings. The number of hydrogen-bond acceptors (Lipinski definition) is 5. The van der Waals surface area contributed by atoms with Crippen LogP contribution in [0.4, 0.5) is 10.5 Å². The third-order valence-corrected chi connectivity index (χ3v) is 3.23. The van der Waals surface area contributed by atoms with Crippen LogP contribution in [0.25, 0.3) is 0 Å². The number of carbonyl (C=O) groups is 1. The summed E-state index contributed by atoms with van der Waals surface area (Å²) in [6.45, 7) is 0. The zero-order valence-electron chi connectivity index (χ0n) is 11.6. The van der Waals surface area contributed by atoms with Gasteiger partial charge in [0.05, 0.1) is 4.92 Å². The zero-order chi connectivity index (χ0) is 15.1. The molecule has 1 unspecified atom stereocenters. The fourth-order valence-electron chi connectivity index (χ4n) is 2.14. The maximum atomic E-state index is 11.7. The van der Waals surface area contributed by atoms with Gasteiger partial charge in [0.15, 0.2) is 0 Å². The van der Waals surface area contributed by atoms with E-state index < -0.39 is 11.1 Å². The van der Waals surface area contributed by atoms with E-state index >= 15 is 0 Å². The number of ether oxygens (including phenoxy) is 2. The fraction of sp³-hybridized carbons (Fsp3) is 0.400. The van der Waals surface area contributed by atoms with Crippen molar-refractivity contribution in [1.82, 2.24) is 0 Å². The molecule has 1 aromatic rings. The summed E-state index contributed by atoms with van der Waals surface area (Å²) in [6, 6.07) is 5.31. The van der Waals surface area contributed by atoms with Crippen molar-refractivity contribution in [2.75, 3.05) is 0 Å². The second-order valence-electron chi connectivity index (χ2n) is 4.82. The molecule has 0 N–H and O–H groups in total. The van der Waals surface area contributed by atoms with Crippen LogP contribution in [0.5, 0.6) is 5.75 Å². The summed E-state index contributed by atoms with van der Waals surface area (Å²) in [5.41, 5.74) is -0.0532. The van der Waals surface area contributed by atoms with Gasteiger partial charge in [0, 0.05) is 12.1 Å². The molecule has 1 atom stereocenters. The average molecular weight is 291 g/mol. The molecule has 2 rings (SSSR count). The first kappa shape index (κ1) is 15.0. The Morgan fingerprint density at radius 2 is 1.86 bits per heavy atom. The standard InChI is InChI=1S/C15H17NO5/c17-15(20-13-6-4-2-1-3-5-7-13)21-14-10-8-12(9-11-14)16(18)19/h1-2,8-11,13H,3-7H2/b2-1+. The molecule has 0 radical (unpaired) electrons. The number of benzene rings is 1. The largest absolute Gasteiger partial charge is 0.514 e. The van der Waals surface area contributed by atoms with Gasteiger partial charge in [-0.15, -0.1) is 0 Å². The van der Waals surface area contributed by atoms with Crippen LogP contribution in [0.2, 0.25) is 0 Å². The van der Waals surface area contributed by atoms with Crippen molar-refractivity contribution < 1.29 is 19.2 Å². The zero-order valence-corrected chi connectivity index (χ0v) is 11.6. The lowest BCUT2D eigenvalue weighted by atomic mass is 10.0. The van der Waals surface area contributed by atoms with Gasteiger partial charge < -0.3 is 9.47 Å². The van der Waals surface area contributed by atoms with Crippen molar-refractivity contribution in [3.63, 3.8) is 0 Å². The van der Waals surface area contributed by atoms with Crippen LogP contribution >= 0.6 is 0 Å². The first-order valence-corrected chi connectivity index (χ1v) is 6.93. The number of nitro benzene ring substituents is 1. The highest BCUT2D eigenvalue weighted by molar-refractivity contribution is 5.64. The molecule has 21 heavy (non-hydrogen) atoms. The second-order valence-corrected chi connectivity index (χ2v) is 4.82. The summed E-state index contributed by atoms with van der Waals surface area (Å²) in [5, 5.41) is 10.5. The molecule has 0 heterocycles. The first-order chi connectivity index (χ1) is 10.1. The van der Waals surface area contributed by atoms with Gasteiger partial charge in [-0.2, -0.15) is 0 Å². The molecule has 0 aromatic heterocycles. The smallest absolute Gasteiger partial charge is 0.431 e. The topological polar surface area (TPSA) is 78.7 Å². The molecule has 0 saturated carbocycles. The molecular weight excluding hydrogens is 274 g/mol. The number of carbonyl (C=O) groups excluding carboxylic acids is 1. The van der Waals surface area contributed by atoms with Crippen molar-refractivity contribution in [2.45, 2.75) is 38.2 Å². The van der Waals surface area contributed by atoms with Crippen LogP contribution in [0.3, 0.4) is 0 Å². The van der Waals surface area contributed by atoms with Crippen LogP contribution in [0.15, 0.2) is 36.4 Å². The Kier molecular flexibility index (Phi) is 5.31. The SMILES string of the molecule is O=C(Oc1ccc([N+](=O)[O-])cc1)OC1CC/C=C/CCC1. The van der Waals surface area contributed by atoms with Gasteiger partial charge in [0.2, 0.25) is 0 Å². The molecule has 6 heteroatoms. The highest BCUT2D eigenvalue weighted by Crippen LogP contribution is 2.20. The van der Waals surface area contributed by atoms with E-state index in [1.54, 1.807) is 0 Å². The summed E-state index contributed by atoms with van der Waals surface area (Å²) in [7, 11) is 0. The number of nitro groups is 1. The second kappa shape index (κ2) is 7.42. The van der Waals surface area contributed by atoms with E-state index in [9.17, 15) is 14.9 Å². The van der Waals surface area contributed by atoms with Crippen LogP contribution in [-0.2, 0) is 4.74 Å². The quantitative estimate of drug-likeness (QED) is 0.276. The summed E-state index contributed by atoms with van der Waals surface area (Å²) in [5.74, 6) is 0.233. The number of nitrogens with zero attached hydrogens (tertiary/aromatic N) is 1. The monoisotopic (exact) mass is 291 g/mol. The molecule has 0 bridgehead atoms. The van der Waals surface area contributed by atoms with Crippen molar-refractivity contribution in [1.29, 1.82) is 0 Å². The summed E-state index contributed by atoms with van der Waals surface area (Å²) >= 11 is 0. The molecule has 1 aliphatic carbocycles. The summed E-state index contributed by atoms with van der Waals surface area (Å²) < 4.78 is 10.3. The van der Waals surface area contributed by atoms with Crippen LogP contribution in [0.1, 0.15) is 32.1 Å². The molecule has 0 spiro atoms. The van der Waals surface area contributed by atoms with E-state index in [-0.39, 0.29) is 17.5 Å². The minimum Gasteiger partial charge on any atom is -0.431 e. The van der Waals surface area contributed by atoms with Gasteiger partial charge >= 0.3 is 6.16 Å². The lowest BCUT2D eigenvalue weighted by molar-refractivity contribution is -0.384. The van der Waals surface area contributed by atoms with E-state index in [0.717, 1.165) is 32.1 Å². The molecule has 0 aliphatic heterocycles. The number of allylic oxidation sites excluding steroid dienone is 2. The van der Waals surface area contributed by atoms with Gasteiger partial charge in [-0.1, -0.05) is 12.2 Å². The van der Waals surface area contributed by atoms with Gasteiger partial charge in [0.1, 0.15) is 11.9 Å². The van der Waals surface area contributed by atoms with E-state index in [4.69, 9.17) is 9.47 Å². The third kappa shape index (κ3) is 4.91. The fourth-order valence-corrected chi connectivity index (χ4v) is 2.14. The molecular formula is C15H17NO5. The highest BCUT2D eigenvalue weighted by Gasteiger charge is 2.16. The molecule has 6 nitrogen and oxygen atoms in total. The Balaban J connectivity index is 1.85. The first-order valence-electron chi connectivity index (χ1n) is 6.93. The van der Waals surface area contributed by atoms with Crippen molar-refractivity contribution in [3.8, 4) is 5.75 Å². The Morgan fingerprint density at radius 1 is 1.14 bits per heavy atom.